The smallest absolute Gasteiger partial charge is 0.355 e. The average Bonchev–Trinajstić information content (AvgIpc) is 3.02. The van der Waals surface area contributed by atoms with Gasteiger partial charge in [0.2, 0.25) is 0 Å². The Morgan fingerprint density at radius 1 is 1.10 bits per heavy atom. The summed E-state index contributed by atoms with van der Waals surface area (Å²) in [4.78, 5) is 48.7. The summed E-state index contributed by atoms with van der Waals surface area (Å²) < 4.78 is 6.68. The number of carbonyl (C=O) groups is 4. The molecule has 4 fully saturated rings. The van der Waals surface area contributed by atoms with Gasteiger partial charge in [-0.05, 0) is 76.2 Å². The van der Waals surface area contributed by atoms with Crippen LogP contribution in [0.2, 0.25) is 0 Å². The van der Waals surface area contributed by atoms with Crippen molar-refractivity contribution in [3.8, 4) is 0 Å². The molecule has 0 aromatic carbocycles. The van der Waals surface area contributed by atoms with Gasteiger partial charge in [-0.2, -0.15) is 0 Å². The molecule has 8 heteroatoms. The maximum absolute atomic E-state index is 12.5. The summed E-state index contributed by atoms with van der Waals surface area (Å²) in [5, 5.41) is 5.39. The fourth-order valence-electron chi connectivity index (χ4n) is 5.98. The lowest BCUT2D eigenvalue weighted by Crippen LogP contribution is -2.62. The van der Waals surface area contributed by atoms with Crippen molar-refractivity contribution in [2.75, 3.05) is 0 Å². The monoisotopic (exact) mass is 415 g/mol. The number of aryl methyl sites for hydroxylation is 1. The van der Waals surface area contributed by atoms with Crippen molar-refractivity contribution in [3.63, 3.8) is 0 Å². The molecular weight excluding hydrogens is 386 g/mol. The second kappa shape index (κ2) is 7.56. The largest absolute Gasteiger partial charge is 0.448 e. The van der Waals surface area contributed by atoms with Crippen molar-refractivity contribution in [1.82, 2.24) is 15.2 Å². The summed E-state index contributed by atoms with van der Waals surface area (Å²) in [6, 6.07) is 0.900. The van der Waals surface area contributed by atoms with Gasteiger partial charge in [-0.25, -0.2) is 9.59 Å². The van der Waals surface area contributed by atoms with Crippen molar-refractivity contribution in [3.05, 3.63) is 23.5 Å². The number of imide groups is 1. The van der Waals surface area contributed by atoms with Crippen LogP contribution < -0.4 is 10.6 Å². The van der Waals surface area contributed by atoms with Gasteiger partial charge in [-0.1, -0.05) is 0 Å². The summed E-state index contributed by atoms with van der Waals surface area (Å²) in [5.41, 5.74) is 0.347. The highest BCUT2D eigenvalue weighted by molar-refractivity contribution is 6.00. The van der Waals surface area contributed by atoms with Crippen LogP contribution in [-0.4, -0.2) is 39.9 Å². The number of Topliss-reactive ketones (excluding diaryl/α,β-unsaturated/α-hetero) is 1. The molecule has 30 heavy (non-hydrogen) atoms. The first-order valence-corrected chi connectivity index (χ1v) is 10.7. The molecule has 4 aliphatic carbocycles. The summed E-state index contributed by atoms with van der Waals surface area (Å²) in [6.07, 6.45) is 7.13. The Morgan fingerprint density at radius 3 is 2.17 bits per heavy atom. The van der Waals surface area contributed by atoms with Gasteiger partial charge in [-0.3, -0.25) is 14.9 Å². The van der Waals surface area contributed by atoms with Crippen molar-refractivity contribution in [2.45, 2.75) is 64.0 Å². The zero-order chi connectivity index (χ0) is 21.6. The second-order valence-electron chi connectivity index (χ2n) is 9.47. The number of aromatic nitrogens is 1. The number of ether oxygens (including phenoxy) is 1. The molecule has 0 spiro atoms. The van der Waals surface area contributed by atoms with Gasteiger partial charge in [0, 0.05) is 24.3 Å². The predicted molar refractivity (Wildman–Crippen MR) is 108 cm³/mol. The molecule has 1 heterocycles. The van der Waals surface area contributed by atoms with Gasteiger partial charge in [0.05, 0.1) is 0 Å². The summed E-state index contributed by atoms with van der Waals surface area (Å²) in [5.74, 6) is 0.462. The second-order valence-corrected chi connectivity index (χ2v) is 9.47. The number of hydrogen-bond donors (Lipinski definition) is 2. The molecule has 5 rings (SSSR count). The SMILES string of the molecule is CC(=O)c1cc(C(=O)O[C@@H](C)C(=O)NC(=O)NC23CC4CC(CC(C4)C2)C3)n(C)c1. The highest BCUT2D eigenvalue weighted by atomic mass is 16.5. The molecule has 1 atom stereocenters. The number of urea groups is 1. The number of rotatable bonds is 5. The Hall–Kier alpha value is -2.64. The van der Waals surface area contributed by atoms with E-state index in [9.17, 15) is 19.2 Å². The number of hydrogen-bond acceptors (Lipinski definition) is 5. The van der Waals surface area contributed by atoms with E-state index in [4.69, 9.17) is 4.74 Å². The number of amides is 3. The van der Waals surface area contributed by atoms with E-state index in [0.29, 0.717) is 23.3 Å². The van der Waals surface area contributed by atoms with Crippen LogP contribution in [0.25, 0.3) is 0 Å². The molecule has 3 amide bonds. The van der Waals surface area contributed by atoms with E-state index in [1.807, 2.05) is 0 Å². The molecule has 2 N–H and O–H groups in total. The topological polar surface area (TPSA) is 106 Å². The van der Waals surface area contributed by atoms with E-state index in [1.165, 1.54) is 49.9 Å². The molecule has 1 aromatic rings. The summed E-state index contributed by atoms with van der Waals surface area (Å²) in [6.45, 7) is 2.82. The van der Waals surface area contributed by atoms with Crippen molar-refractivity contribution < 1.29 is 23.9 Å². The summed E-state index contributed by atoms with van der Waals surface area (Å²) >= 11 is 0. The summed E-state index contributed by atoms with van der Waals surface area (Å²) in [7, 11) is 1.62. The van der Waals surface area contributed by atoms with Crippen LogP contribution in [0.4, 0.5) is 4.79 Å². The maximum Gasteiger partial charge on any atom is 0.355 e. The van der Waals surface area contributed by atoms with Crippen LogP contribution in [0.5, 0.6) is 0 Å². The van der Waals surface area contributed by atoms with Crippen molar-refractivity contribution in [1.29, 1.82) is 0 Å². The molecule has 1 aromatic heterocycles. The molecule has 0 radical (unpaired) electrons. The Balaban J connectivity index is 1.32. The van der Waals surface area contributed by atoms with E-state index in [0.717, 1.165) is 19.3 Å². The quantitative estimate of drug-likeness (QED) is 0.568. The minimum atomic E-state index is -1.14. The molecule has 4 saturated carbocycles. The van der Waals surface area contributed by atoms with Gasteiger partial charge >= 0.3 is 12.0 Å². The van der Waals surface area contributed by atoms with Crippen LogP contribution in [0, 0.1) is 17.8 Å². The first-order valence-electron chi connectivity index (χ1n) is 10.7. The van der Waals surface area contributed by atoms with Crippen molar-refractivity contribution >= 4 is 23.7 Å². The van der Waals surface area contributed by atoms with Gasteiger partial charge in [0.25, 0.3) is 5.91 Å². The first kappa shape index (κ1) is 20.6. The van der Waals surface area contributed by atoms with E-state index in [-0.39, 0.29) is 17.0 Å². The Labute approximate surface area is 175 Å². The number of nitrogens with zero attached hydrogens (tertiary/aromatic N) is 1. The lowest BCUT2D eigenvalue weighted by molar-refractivity contribution is -0.128. The average molecular weight is 415 g/mol. The normalized spacial score (nSPS) is 29.9. The number of nitrogens with one attached hydrogen (secondary N) is 2. The minimum Gasteiger partial charge on any atom is -0.448 e. The number of carbonyl (C=O) groups excluding carboxylic acids is 4. The van der Waals surface area contributed by atoms with Gasteiger partial charge in [0.15, 0.2) is 11.9 Å². The Kier molecular flexibility index (Phi) is 5.20. The zero-order valence-corrected chi connectivity index (χ0v) is 17.7. The minimum absolute atomic E-state index is 0.165. The fraction of sp³-hybridized carbons (Fsp3) is 0.636. The third-order valence-corrected chi connectivity index (χ3v) is 6.93. The number of esters is 1. The molecule has 0 saturated heterocycles. The molecular formula is C22H29N3O5. The van der Waals surface area contributed by atoms with Crippen LogP contribution >= 0.6 is 0 Å². The van der Waals surface area contributed by atoms with E-state index in [1.54, 1.807) is 7.05 Å². The van der Waals surface area contributed by atoms with E-state index in [2.05, 4.69) is 10.6 Å². The lowest BCUT2D eigenvalue weighted by Gasteiger charge is -2.56. The maximum atomic E-state index is 12.5. The van der Waals surface area contributed by atoms with Crippen LogP contribution in [0.1, 0.15) is 73.2 Å². The third-order valence-electron chi connectivity index (χ3n) is 6.93. The van der Waals surface area contributed by atoms with Gasteiger partial charge < -0.3 is 14.6 Å². The van der Waals surface area contributed by atoms with E-state index >= 15 is 0 Å². The molecule has 4 bridgehead atoms. The first-order chi connectivity index (χ1) is 14.1. The predicted octanol–water partition coefficient (Wildman–Crippen LogP) is 2.57. The zero-order valence-electron chi connectivity index (χ0n) is 17.7. The standard InChI is InChI=1S/C22H29N3O5/c1-12(26)17-7-18(25(3)11-17)20(28)30-13(2)19(27)23-21(29)24-22-8-14-4-15(9-22)6-16(5-14)10-22/h7,11,13-16H,4-6,8-10H2,1-3H3,(H2,23,24,27,29)/t13-,14?,15?,16?,22?/m0/s1. The van der Waals surface area contributed by atoms with E-state index < -0.39 is 24.0 Å². The van der Waals surface area contributed by atoms with Crippen LogP contribution in [0.3, 0.4) is 0 Å². The van der Waals surface area contributed by atoms with Crippen LogP contribution in [0.15, 0.2) is 12.3 Å². The highest BCUT2D eigenvalue weighted by Gasteiger charge is 2.51. The Bertz CT molecular complexity index is 867. The highest BCUT2D eigenvalue weighted by Crippen LogP contribution is 2.55. The molecule has 4 aliphatic rings. The number of ketones is 1. The molecule has 0 aliphatic heterocycles. The lowest BCUT2D eigenvalue weighted by atomic mass is 9.53. The van der Waals surface area contributed by atoms with Crippen LogP contribution in [-0.2, 0) is 16.6 Å². The third kappa shape index (κ3) is 4.00. The van der Waals surface area contributed by atoms with Crippen molar-refractivity contribution in [2.24, 2.45) is 24.8 Å². The molecule has 0 unspecified atom stereocenters. The van der Waals surface area contributed by atoms with Gasteiger partial charge in [0.1, 0.15) is 5.69 Å². The Morgan fingerprint density at radius 2 is 1.67 bits per heavy atom. The molecule has 162 valence electrons. The molecule has 8 nitrogen and oxygen atoms in total. The fourth-order valence-corrected chi connectivity index (χ4v) is 5.98. The van der Waals surface area contributed by atoms with Gasteiger partial charge in [-0.15, -0.1) is 0 Å².